The van der Waals surface area contributed by atoms with Crippen LogP contribution in [0, 0.1) is 0 Å². The maximum Gasteiger partial charge on any atom is 0.216 e. The molecule has 5 heteroatoms. The summed E-state index contributed by atoms with van der Waals surface area (Å²) in [7, 11) is 1.63. The summed E-state index contributed by atoms with van der Waals surface area (Å²) in [6.45, 7) is 4.04. The number of likely N-dealkylation sites (N-methyl/N-ethyl adjacent to an activating group) is 1. The summed E-state index contributed by atoms with van der Waals surface area (Å²) >= 11 is 0. The fourth-order valence-corrected chi connectivity index (χ4v) is 2.84. The standard InChI is InChI=1S/C16H27N3O2/c1-3-17-13(7-8-15-6-4-5-9-21-15)10-14-11-16(20-2)19-12-18-14/h11-13,15,17H,3-10H2,1-2H3. The first-order valence-electron chi connectivity index (χ1n) is 8.01. The average Bonchev–Trinajstić information content (AvgIpc) is 2.54. The van der Waals surface area contributed by atoms with Crippen molar-refractivity contribution in [2.45, 2.75) is 57.6 Å². The highest BCUT2D eigenvalue weighted by Crippen LogP contribution is 2.19. The van der Waals surface area contributed by atoms with E-state index in [1.54, 1.807) is 13.4 Å². The van der Waals surface area contributed by atoms with Crippen molar-refractivity contribution in [3.8, 4) is 5.88 Å². The maximum absolute atomic E-state index is 5.82. The van der Waals surface area contributed by atoms with Crippen molar-refractivity contribution in [2.75, 3.05) is 20.3 Å². The molecule has 0 saturated carbocycles. The van der Waals surface area contributed by atoms with Crippen molar-refractivity contribution < 1.29 is 9.47 Å². The largest absolute Gasteiger partial charge is 0.481 e. The second kappa shape index (κ2) is 8.95. The molecule has 0 aliphatic carbocycles. The van der Waals surface area contributed by atoms with Crippen LogP contribution in [0.5, 0.6) is 5.88 Å². The summed E-state index contributed by atoms with van der Waals surface area (Å²) in [5, 5.41) is 3.55. The van der Waals surface area contributed by atoms with Crippen LogP contribution < -0.4 is 10.1 Å². The van der Waals surface area contributed by atoms with E-state index in [2.05, 4.69) is 22.2 Å². The molecule has 0 amide bonds. The summed E-state index contributed by atoms with van der Waals surface area (Å²) < 4.78 is 11.0. The second-order valence-electron chi connectivity index (χ2n) is 5.58. The lowest BCUT2D eigenvalue weighted by Gasteiger charge is -2.25. The Bertz CT molecular complexity index is 408. The van der Waals surface area contributed by atoms with Crippen LogP contribution in [-0.2, 0) is 11.2 Å². The Balaban J connectivity index is 1.85. The smallest absolute Gasteiger partial charge is 0.216 e. The number of hydrogen-bond acceptors (Lipinski definition) is 5. The first-order chi connectivity index (χ1) is 10.3. The Kier molecular flexibility index (Phi) is 6.89. The van der Waals surface area contributed by atoms with Gasteiger partial charge in [-0.2, -0.15) is 0 Å². The van der Waals surface area contributed by atoms with Crippen molar-refractivity contribution in [1.82, 2.24) is 15.3 Å². The number of ether oxygens (including phenoxy) is 2. The Hall–Kier alpha value is -1.20. The molecule has 1 saturated heterocycles. The zero-order chi connectivity index (χ0) is 14.9. The van der Waals surface area contributed by atoms with E-state index in [4.69, 9.17) is 9.47 Å². The van der Waals surface area contributed by atoms with Crippen molar-refractivity contribution in [1.29, 1.82) is 0 Å². The molecule has 118 valence electrons. The monoisotopic (exact) mass is 293 g/mol. The van der Waals surface area contributed by atoms with Gasteiger partial charge < -0.3 is 14.8 Å². The predicted octanol–water partition coefficient (Wildman–Crippen LogP) is 2.36. The zero-order valence-corrected chi connectivity index (χ0v) is 13.2. The summed E-state index contributed by atoms with van der Waals surface area (Å²) in [5.74, 6) is 0.630. The van der Waals surface area contributed by atoms with E-state index >= 15 is 0 Å². The Morgan fingerprint density at radius 3 is 3.05 bits per heavy atom. The highest BCUT2D eigenvalue weighted by molar-refractivity contribution is 5.14. The van der Waals surface area contributed by atoms with E-state index in [0.29, 0.717) is 18.0 Å². The third-order valence-corrected chi connectivity index (χ3v) is 3.97. The Morgan fingerprint density at radius 2 is 2.33 bits per heavy atom. The zero-order valence-electron chi connectivity index (χ0n) is 13.2. The van der Waals surface area contributed by atoms with Gasteiger partial charge in [0.15, 0.2) is 0 Å². The minimum absolute atomic E-state index is 0.431. The van der Waals surface area contributed by atoms with Crippen LogP contribution in [-0.4, -0.2) is 42.4 Å². The molecule has 2 unspecified atom stereocenters. The fraction of sp³-hybridized carbons (Fsp3) is 0.750. The normalized spacial score (nSPS) is 20.2. The lowest BCUT2D eigenvalue weighted by Crippen LogP contribution is -2.33. The first-order valence-corrected chi connectivity index (χ1v) is 8.01. The lowest BCUT2D eigenvalue weighted by molar-refractivity contribution is 0.00859. The number of aromatic nitrogens is 2. The second-order valence-corrected chi connectivity index (χ2v) is 5.58. The lowest BCUT2D eigenvalue weighted by atomic mass is 9.99. The molecule has 1 aliphatic rings. The molecule has 5 nitrogen and oxygen atoms in total. The molecule has 21 heavy (non-hydrogen) atoms. The van der Waals surface area contributed by atoms with Gasteiger partial charge in [-0.15, -0.1) is 0 Å². The van der Waals surface area contributed by atoms with Crippen LogP contribution in [0.25, 0.3) is 0 Å². The highest BCUT2D eigenvalue weighted by atomic mass is 16.5. The summed E-state index contributed by atoms with van der Waals surface area (Å²) in [6.07, 6.45) is 8.89. The number of rotatable bonds is 8. The molecule has 2 atom stereocenters. The van der Waals surface area contributed by atoms with Crippen LogP contribution in [0.2, 0.25) is 0 Å². The number of nitrogens with zero attached hydrogens (tertiary/aromatic N) is 2. The van der Waals surface area contributed by atoms with Crippen LogP contribution in [0.1, 0.15) is 44.7 Å². The van der Waals surface area contributed by atoms with Crippen LogP contribution in [0.15, 0.2) is 12.4 Å². The van der Waals surface area contributed by atoms with Gasteiger partial charge in [-0.1, -0.05) is 6.92 Å². The van der Waals surface area contributed by atoms with Gasteiger partial charge in [0.05, 0.1) is 13.2 Å². The average molecular weight is 293 g/mol. The third-order valence-electron chi connectivity index (χ3n) is 3.97. The van der Waals surface area contributed by atoms with Gasteiger partial charge in [0.2, 0.25) is 5.88 Å². The van der Waals surface area contributed by atoms with E-state index in [1.807, 2.05) is 6.07 Å². The van der Waals surface area contributed by atoms with Gasteiger partial charge in [-0.25, -0.2) is 9.97 Å². The number of methoxy groups -OCH3 is 1. The molecule has 0 spiro atoms. The van der Waals surface area contributed by atoms with Gasteiger partial charge in [-0.3, -0.25) is 0 Å². The van der Waals surface area contributed by atoms with Crippen LogP contribution >= 0.6 is 0 Å². The molecular formula is C16H27N3O2. The number of hydrogen-bond donors (Lipinski definition) is 1. The molecule has 0 bridgehead atoms. The molecule has 2 heterocycles. The maximum atomic E-state index is 5.82. The Morgan fingerprint density at radius 1 is 1.43 bits per heavy atom. The van der Waals surface area contributed by atoms with Crippen LogP contribution in [0.3, 0.4) is 0 Å². The van der Waals surface area contributed by atoms with E-state index in [9.17, 15) is 0 Å². The van der Waals surface area contributed by atoms with Gasteiger partial charge in [-0.05, 0) is 38.6 Å². The predicted molar refractivity (Wildman–Crippen MR) is 82.6 cm³/mol. The van der Waals surface area contributed by atoms with E-state index in [1.165, 1.54) is 19.3 Å². The molecular weight excluding hydrogens is 266 g/mol. The molecule has 1 aromatic heterocycles. The van der Waals surface area contributed by atoms with E-state index < -0.39 is 0 Å². The topological polar surface area (TPSA) is 56.3 Å². The SMILES string of the molecule is CCNC(CCC1CCCCO1)Cc1cc(OC)ncn1. The van der Waals surface area contributed by atoms with Crippen LogP contribution in [0.4, 0.5) is 0 Å². The molecule has 1 N–H and O–H groups in total. The summed E-state index contributed by atoms with van der Waals surface area (Å²) in [5.41, 5.74) is 1.03. The molecule has 1 fully saturated rings. The van der Waals surface area contributed by atoms with Crippen molar-refractivity contribution in [3.63, 3.8) is 0 Å². The molecule has 1 aliphatic heterocycles. The minimum Gasteiger partial charge on any atom is -0.481 e. The molecule has 1 aromatic rings. The van der Waals surface area contributed by atoms with Gasteiger partial charge in [0.25, 0.3) is 0 Å². The Labute approximate surface area is 127 Å². The molecule has 0 radical (unpaired) electrons. The van der Waals surface area contributed by atoms with E-state index in [-0.39, 0.29) is 0 Å². The van der Waals surface area contributed by atoms with Crippen molar-refractivity contribution in [2.24, 2.45) is 0 Å². The quantitative estimate of drug-likeness (QED) is 0.797. The molecule has 0 aromatic carbocycles. The third kappa shape index (κ3) is 5.59. The van der Waals surface area contributed by atoms with Crippen molar-refractivity contribution >= 4 is 0 Å². The summed E-state index contributed by atoms with van der Waals surface area (Å²) in [4.78, 5) is 8.40. The number of nitrogens with one attached hydrogen (secondary N) is 1. The summed E-state index contributed by atoms with van der Waals surface area (Å²) in [6, 6.07) is 2.35. The minimum atomic E-state index is 0.431. The van der Waals surface area contributed by atoms with E-state index in [0.717, 1.165) is 38.1 Å². The van der Waals surface area contributed by atoms with Gasteiger partial charge in [0, 0.05) is 30.8 Å². The highest BCUT2D eigenvalue weighted by Gasteiger charge is 2.17. The van der Waals surface area contributed by atoms with Gasteiger partial charge >= 0.3 is 0 Å². The van der Waals surface area contributed by atoms with Crippen molar-refractivity contribution in [3.05, 3.63) is 18.1 Å². The molecule has 2 rings (SSSR count). The van der Waals surface area contributed by atoms with Gasteiger partial charge in [0.1, 0.15) is 6.33 Å². The fourth-order valence-electron chi connectivity index (χ4n) is 2.84. The first kappa shape index (κ1) is 16.2.